The van der Waals surface area contributed by atoms with Crippen LogP contribution in [0.15, 0.2) is 24.3 Å². The Morgan fingerprint density at radius 2 is 0.610 bits per heavy atom. The van der Waals surface area contributed by atoms with Crippen LogP contribution < -0.4 is 0 Å². The van der Waals surface area contributed by atoms with Crippen molar-refractivity contribution in [3.8, 4) is 0 Å². The molecule has 0 unspecified atom stereocenters. The van der Waals surface area contributed by atoms with Crippen molar-refractivity contribution in [1.29, 1.82) is 0 Å². The second-order valence-corrected chi connectivity index (χ2v) is 10.9. The van der Waals surface area contributed by atoms with Gasteiger partial charge in [0.1, 0.15) is 0 Å². The molecular weight excluding hydrogens is 544 g/mol. The Bertz CT molecular complexity index is 1440. The summed E-state index contributed by atoms with van der Waals surface area (Å²) >= 11 is 0. The van der Waals surface area contributed by atoms with Gasteiger partial charge in [0.05, 0.1) is 22.8 Å². The molecule has 3 aromatic rings. The van der Waals surface area contributed by atoms with E-state index < -0.39 is 0 Å². The van der Waals surface area contributed by atoms with Gasteiger partial charge in [0.2, 0.25) is 0 Å². The van der Waals surface area contributed by atoms with Gasteiger partial charge in [-0.25, -0.2) is 9.97 Å². The molecule has 5 heteroatoms. The average molecular weight is 591 g/mol. The van der Waals surface area contributed by atoms with Crippen molar-refractivity contribution >= 4 is 44.4 Å². The van der Waals surface area contributed by atoms with Gasteiger partial charge in [0.15, 0.2) is 0 Å². The van der Waals surface area contributed by atoms with Crippen LogP contribution in [0, 0.1) is 0 Å². The summed E-state index contributed by atoms with van der Waals surface area (Å²) in [5.41, 5.74) is 20.2. The third-order valence-electron chi connectivity index (χ3n) is 8.97. The molecule has 0 fully saturated rings. The SMILES string of the molecule is CCC1=C(CC)c2cc3[nH]c(cc4nc(cc5[nH]c(cc1n2)c(CC)c5CC)C(CC)=C4CC)c(CC)c3CC.[Fe]. The molecule has 41 heavy (non-hydrogen) atoms. The van der Waals surface area contributed by atoms with E-state index in [9.17, 15) is 0 Å². The zero-order valence-electron chi connectivity index (χ0n) is 26.2. The van der Waals surface area contributed by atoms with E-state index in [1.165, 1.54) is 66.6 Å². The van der Waals surface area contributed by atoms with E-state index in [2.05, 4.69) is 89.6 Å². The fourth-order valence-electron chi connectivity index (χ4n) is 7.10. The number of allylic oxidation sites excluding steroid dienone is 4. The fraction of sp³-hybridized carbons (Fsp3) is 0.444. The number of hydrogen-bond acceptors (Lipinski definition) is 2. The Kier molecular flexibility index (Phi) is 9.82. The van der Waals surface area contributed by atoms with E-state index >= 15 is 0 Å². The number of H-pyrrole nitrogens is 2. The minimum atomic E-state index is 0. The van der Waals surface area contributed by atoms with Crippen LogP contribution in [0.25, 0.3) is 44.4 Å². The van der Waals surface area contributed by atoms with Gasteiger partial charge in [0, 0.05) is 39.1 Å². The van der Waals surface area contributed by atoms with Crippen LogP contribution in [0.4, 0.5) is 0 Å². The van der Waals surface area contributed by atoms with Crippen molar-refractivity contribution < 1.29 is 17.1 Å². The quantitative estimate of drug-likeness (QED) is 0.257. The first-order valence-corrected chi connectivity index (χ1v) is 15.7. The second-order valence-electron chi connectivity index (χ2n) is 10.9. The molecule has 0 saturated carbocycles. The van der Waals surface area contributed by atoms with Crippen LogP contribution in [0.3, 0.4) is 0 Å². The summed E-state index contributed by atoms with van der Waals surface area (Å²) in [4.78, 5) is 18.2. The van der Waals surface area contributed by atoms with E-state index in [1.807, 2.05) is 0 Å². The van der Waals surface area contributed by atoms with Gasteiger partial charge >= 0.3 is 0 Å². The summed E-state index contributed by atoms with van der Waals surface area (Å²) in [5, 5.41) is 0. The number of aromatic nitrogens is 4. The van der Waals surface area contributed by atoms with Gasteiger partial charge in [-0.2, -0.15) is 0 Å². The first-order chi connectivity index (χ1) is 19.5. The maximum Gasteiger partial charge on any atom is 0.0693 e. The van der Waals surface area contributed by atoms with Crippen molar-refractivity contribution in [3.05, 3.63) is 69.3 Å². The van der Waals surface area contributed by atoms with Crippen LogP contribution in [-0.2, 0) is 42.8 Å². The summed E-state index contributed by atoms with van der Waals surface area (Å²) in [6.45, 7) is 18.1. The molecule has 2 aliphatic rings. The predicted molar refractivity (Wildman–Crippen MR) is 173 cm³/mol. The summed E-state index contributed by atoms with van der Waals surface area (Å²) < 4.78 is 0. The summed E-state index contributed by atoms with van der Waals surface area (Å²) in [6.07, 6.45) is 7.84. The molecule has 0 saturated heterocycles. The summed E-state index contributed by atoms with van der Waals surface area (Å²) in [5.74, 6) is 0. The van der Waals surface area contributed by atoms with Crippen molar-refractivity contribution in [3.63, 3.8) is 0 Å². The average Bonchev–Trinajstić information content (AvgIpc) is 3.67. The zero-order valence-corrected chi connectivity index (χ0v) is 27.3. The van der Waals surface area contributed by atoms with Crippen molar-refractivity contribution in [2.24, 2.45) is 0 Å². The second kappa shape index (κ2) is 13.0. The standard InChI is InChI=1S/C36H46N4.Fe/c1-9-21-22(10-2)30-18-32-25(13-5)26(14-6)34(39-32)20-36-28(16-8)27(15-7)35(40-36)19-33-24(12-4)23(11-3)31(38-33)17-29(21)37-30;/h17-20,37,40H,9-16H2,1-8H3;. The van der Waals surface area contributed by atoms with Crippen molar-refractivity contribution in [2.75, 3.05) is 0 Å². The molecule has 5 heterocycles. The molecule has 3 aromatic heterocycles. The van der Waals surface area contributed by atoms with Crippen LogP contribution >= 0.6 is 0 Å². The fourth-order valence-corrected chi connectivity index (χ4v) is 7.10. The van der Waals surface area contributed by atoms with E-state index in [1.54, 1.807) is 0 Å². The maximum atomic E-state index is 5.29. The molecule has 8 bridgehead atoms. The van der Waals surface area contributed by atoms with Gasteiger partial charge in [0.25, 0.3) is 0 Å². The normalized spacial score (nSPS) is 13.3. The van der Waals surface area contributed by atoms with Crippen molar-refractivity contribution in [1.82, 2.24) is 19.9 Å². The third-order valence-corrected chi connectivity index (χ3v) is 8.97. The Morgan fingerprint density at radius 3 is 0.780 bits per heavy atom. The van der Waals surface area contributed by atoms with Crippen LogP contribution in [0.5, 0.6) is 0 Å². The van der Waals surface area contributed by atoms with Gasteiger partial charge in [-0.05, 0) is 120 Å². The smallest absolute Gasteiger partial charge is 0.0693 e. The molecular formula is C36H46FeN4. The molecule has 0 aliphatic carbocycles. The minimum Gasteiger partial charge on any atom is -0.355 e. The molecule has 2 N–H and O–H groups in total. The predicted octanol–water partition coefficient (Wildman–Crippen LogP) is 10.0. The topological polar surface area (TPSA) is 57.4 Å². The first-order valence-electron chi connectivity index (χ1n) is 15.7. The van der Waals surface area contributed by atoms with E-state index in [-0.39, 0.29) is 17.1 Å². The van der Waals surface area contributed by atoms with Gasteiger partial charge < -0.3 is 9.97 Å². The Balaban J connectivity index is 0.00000387. The number of rotatable bonds is 8. The number of aromatic amines is 2. The summed E-state index contributed by atoms with van der Waals surface area (Å²) in [7, 11) is 0. The molecule has 2 aliphatic heterocycles. The molecule has 0 atom stereocenters. The zero-order chi connectivity index (χ0) is 28.6. The molecule has 0 amide bonds. The number of aryl methyl sites for hydroxylation is 4. The monoisotopic (exact) mass is 590 g/mol. The number of hydrogen-bond donors (Lipinski definition) is 2. The van der Waals surface area contributed by atoms with E-state index in [4.69, 9.17) is 9.97 Å². The van der Waals surface area contributed by atoms with Gasteiger partial charge in [-0.3, -0.25) is 0 Å². The van der Waals surface area contributed by atoms with Crippen LogP contribution in [0.2, 0.25) is 0 Å². The molecule has 4 nitrogen and oxygen atoms in total. The van der Waals surface area contributed by atoms with Crippen LogP contribution in [0.1, 0.15) is 126 Å². The molecule has 5 rings (SSSR count). The largest absolute Gasteiger partial charge is 0.355 e. The molecule has 0 radical (unpaired) electrons. The van der Waals surface area contributed by atoms with E-state index in [0.29, 0.717) is 0 Å². The van der Waals surface area contributed by atoms with E-state index in [0.717, 1.165) is 74.1 Å². The summed E-state index contributed by atoms with van der Waals surface area (Å²) in [6, 6.07) is 9.24. The van der Waals surface area contributed by atoms with Crippen molar-refractivity contribution in [2.45, 2.75) is 107 Å². The molecule has 218 valence electrons. The third kappa shape index (κ3) is 5.28. The van der Waals surface area contributed by atoms with Crippen LogP contribution in [-0.4, -0.2) is 19.9 Å². The van der Waals surface area contributed by atoms with Gasteiger partial charge in [-0.1, -0.05) is 55.4 Å². The Hall–Kier alpha value is -2.88. The number of nitrogens with zero attached hydrogens (tertiary/aromatic N) is 2. The molecule has 0 spiro atoms. The Morgan fingerprint density at radius 1 is 0.390 bits per heavy atom. The molecule has 0 aromatic carbocycles. The Labute approximate surface area is 256 Å². The minimum absolute atomic E-state index is 0. The van der Waals surface area contributed by atoms with Gasteiger partial charge in [-0.15, -0.1) is 0 Å². The number of fused-ring (bicyclic) bond motifs is 8. The first kappa shape index (κ1) is 31.1. The number of nitrogens with one attached hydrogen (secondary N) is 2. The maximum absolute atomic E-state index is 5.29.